The van der Waals surface area contributed by atoms with Crippen molar-refractivity contribution >= 4 is 11.6 Å². The predicted molar refractivity (Wildman–Crippen MR) is 87.7 cm³/mol. The first-order valence-corrected chi connectivity index (χ1v) is 6.91. The molecule has 0 saturated carbocycles. The molecule has 2 rings (SSSR count). The van der Waals surface area contributed by atoms with E-state index in [2.05, 4.69) is 16.6 Å². The standard InChI is InChI=1S/C18H18N2O2/c1-3-14-5-4-6-16(11-14)19-13-18(21)20-12-15-7-9-17(22-2)10-8-15/h1,4-11,19H,12-13H2,2H3,(H,20,21). The number of benzene rings is 2. The van der Waals surface area contributed by atoms with Gasteiger partial charge in [-0.05, 0) is 35.9 Å². The molecule has 0 aliphatic heterocycles. The third kappa shape index (κ3) is 4.57. The molecule has 0 radical (unpaired) electrons. The minimum atomic E-state index is -0.0815. The average Bonchev–Trinajstić information content (AvgIpc) is 2.58. The molecule has 0 fully saturated rings. The number of ether oxygens (including phenoxy) is 1. The van der Waals surface area contributed by atoms with Crippen molar-refractivity contribution in [2.75, 3.05) is 19.0 Å². The zero-order chi connectivity index (χ0) is 15.8. The van der Waals surface area contributed by atoms with Gasteiger partial charge in [-0.2, -0.15) is 0 Å². The zero-order valence-electron chi connectivity index (χ0n) is 12.4. The van der Waals surface area contributed by atoms with Crippen molar-refractivity contribution in [1.82, 2.24) is 5.32 Å². The van der Waals surface area contributed by atoms with E-state index in [-0.39, 0.29) is 12.5 Å². The molecule has 1 amide bonds. The minimum Gasteiger partial charge on any atom is -0.497 e. The molecule has 0 bridgehead atoms. The molecule has 4 nitrogen and oxygen atoms in total. The van der Waals surface area contributed by atoms with Gasteiger partial charge in [0.1, 0.15) is 5.75 Å². The molecule has 0 aliphatic carbocycles. The Balaban J connectivity index is 1.79. The number of hydrogen-bond donors (Lipinski definition) is 2. The van der Waals surface area contributed by atoms with E-state index < -0.39 is 0 Å². The van der Waals surface area contributed by atoms with Gasteiger partial charge in [-0.1, -0.05) is 24.1 Å². The molecule has 112 valence electrons. The van der Waals surface area contributed by atoms with Gasteiger partial charge in [-0.15, -0.1) is 6.42 Å². The van der Waals surface area contributed by atoms with Gasteiger partial charge >= 0.3 is 0 Å². The largest absolute Gasteiger partial charge is 0.497 e. The summed E-state index contributed by atoms with van der Waals surface area (Å²) in [5.41, 5.74) is 2.63. The van der Waals surface area contributed by atoms with E-state index in [0.717, 1.165) is 22.6 Å². The number of terminal acetylenes is 1. The zero-order valence-corrected chi connectivity index (χ0v) is 12.4. The number of hydrogen-bond acceptors (Lipinski definition) is 3. The van der Waals surface area contributed by atoms with Crippen LogP contribution in [-0.2, 0) is 11.3 Å². The molecule has 4 heteroatoms. The van der Waals surface area contributed by atoms with Crippen molar-refractivity contribution in [2.45, 2.75) is 6.54 Å². The number of carbonyl (C=O) groups excluding carboxylic acids is 1. The Bertz CT molecular complexity index is 672. The summed E-state index contributed by atoms with van der Waals surface area (Å²) in [6, 6.07) is 15.0. The summed E-state index contributed by atoms with van der Waals surface area (Å²) >= 11 is 0. The van der Waals surface area contributed by atoms with Crippen LogP contribution in [0.15, 0.2) is 48.5 Å². The normalized spacial score (nSPS) is 9.64. The van der Waals surface area contributed by atoms with Crippen molar-refractivity contribution in [3.8, 4) is 18.1 Å². The summed E-state index contributed by atoms with van der Waals surface area (Å²) in [4.78, 5) is 11.8. The van der Waals surface area contributed by atoms with Crippen LogP contribution in [0.2, 0.25) is 0 Å². The van der Waals surface area contributed by atoms with Crippen LogP contribution in [0.3, 0.4) is 0 Å². The lowest BCUT2D eigenvalue weighted by Crippen LogP contribution is -2.29. The maximum Gasteiger partial charge on any atom is 0.239 e. The Labute approximate surface area is 130 Å². The van der Waals surface area contributed by atoms with Gasteiger partial charge in [0.2, 0.25) is 5.91 Å². The number of anilines is 1. The van der Waals surface area contributed by atoms with E-state index in [4.69, 9.17) is 11.2 Å². The smallest absolute Gasteiger partial charge is 0.239 e. The van der Waals surface area contributed by atoms with Crippen LogP contribution in [0.5, 0.6) is 5.75 Å². The highest BCUT2D eigenvalue weighted by molar-refractivity contribution is 5.80. The highest BCUT2D eigenvalue weighted by Gasteiger charge is 2.02. The van der Waals surface area contributed by atoms with Crippen LogP contribution in [0, 0.1) is 12.3 Å². The molecule has 2 N–H and O–H groups in total. The minimum absolute atomic E-state index is 0.0815. The van der Waals surface area contributed by atoms with Crippen LogP contribution in [0.25, 0.3) is 0 Å². The number of amides is 1. The Kier molecular flexibility index (Phi) is 5.44. The monoisotopic (exact) mass is 294 g/mol. The van der Waals surface area contributed by atoms with Crippen LogP contribution < -0.4 is 15.4 Å². The third-order valence-electron chi connectivity index (χ3n) is 3.13. The van der Waals surface area contributed by atoms with Crippen molar-refractivity contribution in [3.63, 3.8) is 0 Å². The Hall–Kier alpha value is -2.93. The number of nitrogens with one attached hydrogen (secondary N) is 2. The van der Waals surface area contributed by atoms with Gasteiger partial charge in [-0.25, -0.2) is 0 Å². The molecule has 0 unspecified atom stereocenters. The van der Waals surface area contributed by atoms with Crippen molar-refractivity contribution in [1.29, 1.82) is 0 Å². The molecule has 22 heavy (non-hydrogen) atoms. The first-order chi connectivity index (χ1) is 10.7. The van der Waals surface area contributed by atoms with E-state index >= 15 is 0 Å². The second-order valence-electron chi connectivity index (χ2n) is 4.70. The summed E-state index contributed by atoms with van der Waals surface area (Å²) in [6.45, 7) is 0.680. The summed E-state index contributed by atoms with van der Waals surface area (Å²) in [7, 11) is 1.62. The second kappa shape index (κ2) is 7.75. The first-order valence-electron chi connectivity index (χ1n) is 6.91. The summed E-state index contributed by atoms with van der Waals surface area (Å²) < 4.78 is 5.09. The Morgan fingerprint density at radius 3 is 2.68 bits per heavy atom. The maximum absolute atomic E-state index is 11.8. The molecular formula is C18H18N2O2. The lowest BCUT2D eigenvalue weighted by atomic mass is 10.2. The summed E-state index contributed by atoms with van der Waals surface area (Å²) in [5, 5.41) is 5.90. The molecule has 0 aromatic heterocycles. The molecule has 0 heterocycles. The van der Waals surface area contributed by atoms with Gasteiger partial charge in [0.05, 0.1) is 13.7 Å². The van der Waals surface area contributed by atoms with Crippen molar-refractivity contribution in [2.24, 2.45) is 0 Å². The lowest BCUT2D eigenvalue weighted by Gasteiger charge is -2.08. The fourth-order valence-corrected chi connectivity index (χ4v) is 1.91. The Morgan fingerprint density at radius 1 is 1.23 bits per heavy atom. The lowest BCUT2D eigenvalue weighted by molar-refractivity contribution is -0.119. The third-order valence-corrected chi connectivity index (χ3v) is 3.13. The predicted octanol–water partition coefficient (Wildman–Crippen LogP) is 2.40. The summed E-state index contributed by atoms with van der Waals surface area (Å²) in [6.07, 6.45) is 5.34. The van der Waals surface area contributed by atoms with Crippen molar-refractivity contribution in [3.05, 3.63) is 59.7 Å². The number of methoxy groups -OCH3 is 1. The van der Waals surface area contributed by atoms with Gasteiger partial charge in [-0.3, -0.25) is 4.79 Å². The molecule has 0 atom stereocenters. The fourth-order valence-electron chi connectivity index (χ4n) is 1.91. The van der Waals surface area contributed by atoms with E-state index in [1.54, 1.807) is 7.11 Å². The van der Waals surface area contributed by atoms with E-state index in [1.165, 1.54) is 0 Å². The number of carbonyl (C=O) groups is 1. The van der Waals surface area contributed by atoms with Gasteiger partial charge < -0.3 is 15.4 Å². The molecule has 2 aromatic carbocycles. The fraction of sp³-hybridized carbons (Fsp3) is 0.167. The molecule has 0 spiro atoms. The highest BCUT2D eigenvalue weighted by atomic mass is 16.5. The average molecular weight is 294 g/mol. The van der Waals surface area contributed by atoms with E-state index in [9.17, 15) is 4.79 Å². The van der Waals surface area contributed by atoms with E-state index in [0.29, 0.717) is 6.54 Å². The van der Waals surface area contributed by atoms with Crippen LogP contribution >= 0.6 is 0 Å². The quantitative estimate of drug-likeness (QED) is 0.804. The highest BCUT2D eigenvalue weighted by Crippen LogP contribution is 2.11. The van der Waals surface area contributed by atoms with Crippen LogP contribution in [0.4, 0.5) is 5.69 Å². The maximum atomic E-state index is 11.8. The molecule has 0 saturated heterocycles. The van der Waals surface area contributed by atoms with Crippen molar-refractivity contribution < 1.29 is 9.53 Å². The second-order valence-corrected chi connectivity index (χ2v) is 4.70. The summed E-state index contributed by atoms with van der Waals surface area (Å²) in [5.74, 6) is 3.28. The topological polar surface area (TPSA) is 50.4 Å². The Morgan fingerprint density at radius 2 is 2.00 bits per heavy atom. The van der Waals surface area contributed by atoms with E-state index in [1.807, 2.05) is 48.5 Å². The van der Waals surface area contributed by atoms with Crippen LogP contribution in [-0.4, -0.2) is 19.6 Å². The SMILES string of the molecule is C#Cc1cccc(NCC(=O)NCc2ccc(OC)cc2)c1. The number of rotatable bonds is 6. The van der Waals surface area contributed by atoms with Gasteiger partial charge in [0.25, 0.3) is 0 Å². The van der Waals surface area contributed by atoms with Crippen LogP contribution in [0.1, 0.15) is 11.1 Å². The molecule has 0 aliphatic rings. The van der Waals surface area contributed by atoms with Gasteiger partial charge in [0, 0.05) is 17.8 Å². The molecule has 2 aromatic rings. The molecular weight excluding hydrogens is 276 g/mol. The first kappa shape index (κ1) is 15.5. The van der Waals surface area contributed by atoms with Gasteiger partial charge in [0.15, 0.2) is 0 Å².